The molecule has 0 aliphatic rings. The summed E-state index contributed by atoms with van der Waals surface area (Å²) in [5, 5.41) is 5.23. The van der Waals surface area contributed by atoms with Crippen LogP contribution >= 0.6 is 0 Å². The van der Waals surface area contributed by atoms with E-state index in [0.29, 0.717) is 17.1 Å². The third-order valence-corrected chi connectivity index (χ3v) is 3.65. The largest absolute Gasteiger partial charge is 0.495 e. The predicted octanol–water partition coefficient (Wildman–Crippen LogP) is 3.15. The Balaban J connectivity index is 2.03. The van der Waals surface area contributed by atoms with Crippen molar-refractivity contribution in [3.05, 3.63) is 53.6 Å². The number of amides is 2. The van der Waals surface area contributed by atoms with E-state index in [2.05, 4.69) is 10.6 Å². The van der Waals surface area contributed by atoms with Crippen LogP contribution in [0.5, 0.6) is 5.75 Å². The lowest BCUT2D eigenvalue weighted by Gasteiger charge is -2.12. The molecule has 0 fully saturated rings. The van der Waals surface area contributed by atoms with Crippen molar-refractivity contribution in [2.24, 2.45) is 0 Å². The van der Waals surface area contributed by atoms with Crippen LogP contribution in [0.1, 0.15) is 29.3 Å². The van der Waals surface area contributed by atoms with Gasteiger partial charge in [0.05, 0.1) is 30.7 Å². The summed E-state index contributed by atoms with van der Waals surface area (Å²) in [7, 11) is 1.50. The van der Waals surface area contributed by atoms with E-state index in [1.807, 2.05) is 13.0 Å². The fourth-order valence-corrected chi connectivity index (χ4v) is 2.43. The van der Waals surface area contributed by atoms with Crippen molar-refractivity contribution < 1.29 is 23.9 Å². The number of rotatable bonds is 7. The Bertz CT molecular complexity index is 848. The van der Waals surface area contributed by atoms with Gasteiger partial charge >= 0.3 is 5.97 Å². The molecule has 0 heterocycles. The topological polar surface area (TPSA) is 93.7 Å². The smallest absolute Gasteiger partial charge is 0.340 e. The van der Waals surface area contributed by atoms with E-state index in [-0.39, 0.29) is 12.2 Å². The zero-order valence-electron chi connectivity index (χ0n) is 15.5. The number of hydrogen-bond acceptors (Lipinski definition) is 5. The van der Waals surface area contributed by atoms with Crippen LogP contribution in [-0.4, -0.2) is 31.5 Å². The van der Waals surface area contributed by atoms with Crippen molar-refractivity contribution in [2.75, 3.05) is 24.4 Å². The molecule has 7 heteroatoms. The second-order valence-corrected chi connectivity index (χ2v) is 5.74. The lowest BCUT2D eigenvalue weighted by atomic mass is 10.1. The van der Waals surface area contributed by atoms with Gasteiger partial charge in [-0.1, -0.05) is 18.2 Å². The summed E-state index contributed by atoms with van der Waals surface area (Å²) < 4.78 is 10.2. The Hall–Kier alpha value is -3.35. The Morgan fingerprint density at radius 3 is 2.30 bits per heavy atom. The average Bonchev–Trinajstić information content (AvgIpc) is 2.62. The normalized spacial score (nSPS) is 10.0. The lowest BCUT2D eigenvalue weighted by Crippen LogP contribution is -2.22. The van der Waals surface area contributed by atoms with Crippen molar-refractivity contribution >= 4 is 29.2 Å². The third kappa shape index (κ3) is 5.57. The van der Waals surface area contributed by atoms with Crippen LogP contribution in [0.25, 0.3) is 0 Å². The van der Waals surface area contributed by atoms with E-state index >= 15 is 0 Å². The minimum Gasteiger partial charge on any atom is -0.495 e. The molecule has 2 amide bonds. The molecule has 0 bridgehead atoms. The fraction of sp³-hybridized carbons (Fsp3) is 0.250. The molecule has 27 heavy (non-hydrogen) atoms. The predicted molar refractivity (Wildman–Crippen MR) is 102 cm³/mol. The summed E-state index contributed by atoms with van der Waals surface area (Å²) in [4.78, 5) is 36.4. The number of methoxy groups -OCH3 is 1. The molecule has 0 aliphatic heterocycles. The van der Waals surface area contributed by atoms with Crippen LogP contribution < -0.4 is 15.4 Å². The average molecular weight is 370 g/mol. The van der Waals surface area contributed by atoms with Gasteiger partial charge in [0.1, 0.15) is 12.2 Å². The number of nitrogens with one attached hydrogen (secondary N) is 2. The SMILES string of the molecule is CCOC(=O)c1ccccc1NC(=O)CC(=O)Nc1cc(C)ccc1OC. The van der Waals surface area contributed by atoms with Crippen LogP contribution in [0.3, 0.4) is 0 Å². The number of aryl methyl sites for hydroxylation is 1. The van der Waals surface area contributed by atoms with Gasteiger partial charge in [-0.3, -0.25) is 9.59 Å². The van der Waals surface area contributed by atoms with Gasteiger partial charge < -0.3 is 20.1 Å². The summed E-state index contributed by atoms with van der Waals surface area (Å²) in [6, 6.07) is 11.8. The van der Waals surface area contributed by atoms with Gasteiger partial charge in [-0.05, 0) is 43.7 Å². The molecule has 0 atom stereocenters. The van der Waals surface area contributed by atoms with Gasteiger partial charge in [0.2, 0.25) is 11.8 Å². The molecular weight excluding hydrogens is 348 g/mol. The molecule has 0 spiro atoms. The molecule has 142 valence electrons. The fourth-order valence-electron chi connectivity index (χ4n) is 2.43. The summed E-state index contributed by atoms with van der Waals surface area (Å²) >= 11 is 0. The van der Waals surface area contributed by atoms with Crippen molar-refractivity contribution in [1.82, 2.24) is 0 Å². The van der Waals surface area contributed by atoms with Gasteiger partial charge in [0, 0.05) is 0 Å². The second-order valence-electron chi connectivity index (χ2n) is 5.74. The van der Waals surface area contributed by atoms with Crippen LogP contribution in [0, 0.1) is 6.92 Å². The maximum atomic E-state index is 12.2. The van der Waals surface area contributed by atoms with Gasteiger partial charge in [-0.25, -0.2) is 4.79 Å². The minimum absolute atomic E-state index is 0.224. The zero-order valence-corrected chi connectivity index (χ0v) is 15.5. The number of benzene rings is 2. The summed E-state index contributed by atoms with van der Waals surface area (Å²) in [6.45, 7) is 3.80. The Morgan fingerprint density at radius 1 is 0.963 bits per heavy atom. The van der Waals surface area contributed by atoms with E-state index in [1.165, 1.54) is 7.11 Å². The van der Waals surface area contributed by atoms with E-state index in [0.717, 1.165) is 5.56 Å². The summed E-state index contributed by atoms with van der Waals surface area (Å²) in [5.41, 5.74) is 1.96. The molecule has 0 radical (unpaired) electrons. The van der Waals surface area contributed by atoms with Gasteiger partial charge in [0.25, 0.3) is 0 Å². The minimum atomic E-state index is -0.545. The van der Waals surface area contributed by atoms with Crippen LogP contribution in [0.4, 0.5) is 11.4 Å². The molecule has 2 aromatic carbocycles. The molecule has 2 rings (SSSR count). The van der Waals surface area contributed by atoms with E-state index in [9.17, 15) is 14.4 Å². The van der Waals surface area contributed by atoms with Gasteiger partial charge in [-0.15, -0.1) is 0 Å². The molecule has 7 nitrogen and oxygen atoms in total. The highest BCUT2D eigenvalue weighted by Crippen LogP contribution is 2.25. The summed E-state index contributed by atoms with van der Waals surface area (Å²) in [6.07, 6.45) is -0.408. The number of anilines is 2. The van der Waals surface area contributed by atoms with E-state index < -0.39 is 24.2 Å². The standard InChI is InChI=1S/C20H22N2O5/c1-4-27-20(25)14-7-5-6-8-15(14)21-18(23)12-19(24)22-16-11-13(2)9-10-17(16)26-3/h5-11H,4,12H2,1-3H3,(H,21,23)(H,22,24). The molecule has 0 aliphatic carbocycles. The first-order chi connectivity index (χ1) is 12.9. The zero-order chi connectivity index (χ0) is 19.8. The number of para-hydroxylation sites is 1. The lowest BCUT2D eigenvalue weighted by molar-refractivity contribution is -0.123. The first-order valence-electron chi connectivity index (χ1n) is 8.45. The van der Waals surface area contributed by atoms with Crippen LogP contribution in [0.15, 0.2) is 42.5 Å². The van der Waals surface area contributed by atoms with Crippen molar-refractivity contribution in [1.29, 1.82) is 0 Å². The Labute approximate surface area is 157 Å². The highest BCUT2D eigenvalue weighted by atomic mass is 16.5. The molecule has 0 aromatic heterocycles. The van der Waals surface area contributed by atoms with Gasteiger partial charge in [-0.2, -0.15) is 0 Å². The van der Waals surface area contributed by atoms with Gasteiger partial charge in [0.15, 0.2) is 0 Å². The molecule has 0 saturated carbocycles. The second kappa shape index (κ2) is 9.38. The molecule has 2 aromatic rings. The Kier molecular flexibility index (Phi) is 6.93. The van der Waals surface area contributed by atoms with Crippen LogP contribution in [0.2, 0.25) is 0 Å². The Morgan fingerprint density at radius 2 is 1.63 bits per heavy atom. The number of ether oxygens (including phenoxy) is 2. The molecule has 0 unspecified atom stereocenters. The van der Waals surface area contributed by atoms with Crippen molar-refractivity contribution in [2.45, 2.75) is 20.3 Å². The van der Waals surface area contributed by atoms with Crippen molar-refractivity contribution in [3.63, 3.8) is 0 Å². The number of carbonyl (C=O) groups is 3. The number of carbonyl (C=O) groups excluding carboxylic acids is 3. The first kappa shape index (κ1) is 20.0. The first-order valence-corrected chi connectivity index (χ1v) is 8.45. The summed E-state index contributed by atoms with van der Waals surface area (Å²) in [5.74, 6) is -1.08. The molecular formula is C20H22N2O5. The maximum absolute atomic E-state index is 12.2. The van der Waals surface area contributed by atoms with Crippen molar-refractivity contribution in [3.8, 4) is 5.75 Å². The maximum Gasteiger partial charge on any atom is 0.340 e. The highest BCUT2D eigenvalue weighted by Gasteiger charge is 2.16. The van der Waals surface area contributed by atoms with Crippen LogP contribution in [-0.2, 0) is 14.3 Å². The quantitative estimate of drug-likeness (QED) is 0.577. The molecule has 2 N–H and O–H groups in total. The van der Waals surface area contributed by atoms with E-state index in [1.54, 1.807) is 43.3 Å². The number of esters is 1. The van der Waals surface area contributed by atoms with E-state index in [4.69, 9.17) is 9.47 Å². The third-order valence-electron chi connectivity index (χ3n) is 3.65. The highest BCUT2D eigenvalue weighted by molar-refractivity contribution is 6.10. The molecule has 0 saturated heterocycles. The monoisotopic (exact) mass is 370 g/mol. The number of hydrogen-bond donors (Lipinski definition) is 2.